The highest BCUT2D eigenvalue weighted by Gasteiger charge is 2.22. The zero-order valence-electron chi connectivity index (χ0n) is 14.3. The molecule has 24 heavy (non-hydrogen) atoms. The minimum atomic E-state index is 0.0776. The van der Waals surface area contributed by atoms with Crippen molar-refractivity contribution in [3.8, 4) is 0 Å². The molecule has 6 nitrogen and oxygen atoms in total. The van der Waals surface area contributed by atoms with E-state index < -0.39 is 0 Å². The first-order valence-electron chi connectivity index (χ1n) is 8.56. The van der Waals surface area contributed by atoms with Gasteiger partial charge in [-0.25, -0.2) is 4.98 Å². The molecule has 0 aromatic carbocycles. The van der Waals surface area contributed by atoms with Gasteiger partial charge in [0.2, 0.25) is 0 Å². The van der Waals surface area contributed by atoms with E-state index in [1.807, 2.05) is 30.9 Å². The minimum Gasteiger partial charge on any atom is -0.369 e. The van der Waals surface area contributed by atoms with E-state index in [0.29, 0.717) is 11.4 Å². The second-order valence-corrected chi connectivity index (χ2v) is 6.23. The maximum absolute atomic E-state index is 12.6. The number of likely N-dealkylation sites (tertiary alicyclic amines) is 1. The highest BCUT2D eigenvalue weighted by atomic mass is 16.5. The van der Waals surface area contributed by atoms with Gasteiger partial charge in [0, 0.05) is 31.4 Å². The molecule has 1 amide bonds. The van der Waals surface area contributed by atoms with E-state index in [9.17, 15) is 4.79 Å². The molecule has 1 aliphatic rings. The summed E-state index contributed by atoms with van der Waals surface area (Å²) in [7, 11) is 0. The minimum absolute atomic E-state index is 0.0776. The van der Waals surface area contributed by atoms with Crippen molar-refractivity contribution in [2.45, 2.75) is 39.5 Å². The number of hydrogen-bond acceptors (Lipinski definition) is 5. The molecule has 0 unspecified atom stereocenters. The Kier molecular flexibility index (Phi) is 5.13. The highest BCUT2D eigenvalue weighted by molar-refractivity contribution is 5.98. The number of aryl methyl sites for hydroxylation is 2. The Labute approximate surface area is 142 Å². The molecule has 6 heteroatoms. The Morgan fingerprint density at radius 1 is 1.33 bits per heavy atom. The molecule has 0 aliphatic carbocycles. The quantitative estimate of drug-likeness (QED) is 0.826. The fraction of sp³-hybridized carbons (Fsp3) is 0.500. The van der Waals surface area contributed by atoms with E-state index >= 15 is 0 Å². The van der Waals surface area contributed by atoms with Gasteiger partial charge in [0.05, 0.1) is 11.3 Å². The van der Waals surface area contributed by atoms with Crippen LogP contribution >= 0.6 is 0 Å². The topological polar surface area (TPSA) is 71.3 Å². The van der Waals surface area contributed by atoms with E-state index in [0.717, 1.165) is 56.8 Å². The molecule has 0 spiro atoms. The Morgan fingerprint density at radius 3 is 2.83 bits per heavy atom. The van der Waals surface area contributed by atoms with Crippen molar-refractivity contribution in [2.75, 3.05) is 25.0 Å². The van der Waals surface area contributed by atoms with E-state index in [1.165, 1.54) is 5.56 Å². The van der Waals surface area contributed by atoms with Crippen molar-refractivity contribution in [3.05, 3.63) is 40.9 Å². The number of aromatic nitrogens is 2. The van der Waals surface area contributed by atoms with Crippen molar-refractivity contribution < 1.29 is 9.32 Å². The van der Waals surface area contributed by atoms with Gasteiger partial charge >= 0.3 is 0 Å². The van der Waals surface area contributed by atoms with Crippen molar-refractivity contribution in [3.63, 3.8) is 0 Å². The summed E-state index contributed by atoms with van der Waals surface area (Å²) in [5, 5.41) is 7.29. The van der Waals surface area contributed by atoms with Crippen LogP contribution in [0, 0.1) is 13.8 Å². The van der Waals surface area contributed by atoms with Gasteiger partial charge < -0.3 is 14.7 Å². The number of rotatable bonds is 6. The third-order valence-corrected chi connectivity index (χ3v) is 4.51. The molecule has 128 valence electrons. The maximum atomic E-state index is 12.6. The largest absolute Gasteiger partial charge is 0.369 e. The van der Waals surface area contributed by atoms with E-state index in [1.54, 1.807) is 6.20 Å². The maximum Gasteiger partial charge on any atom is 0.257 e. The number of carbonyl (C=O) groups is 1. The number of pyridine rings is 1. The monoisotopic (exact) mass is 328 g/mol. The van der Waals surface area contributed by atoms with Gasteiger partial charge in [0.1, 0.15) is 11.6 Å². The van der Waals surface area contributed by atoms with Gasteiger partial charge in [-0.2, -0.15) is 0 Å². The molecule has 1 fully saturated rings. The van der Waals surface area contributed by atoms with Crippen LogP contribution in [0.15, 0.2) is 22.9 Å². The second-order valence-electron chi connectivity index (χ2n) is 6.23. The van der Waals surface area contributed by atoms with E-state index in [4.69, 9.17) is 4.52 Å². The normalized spacial score (nSPS) is 14.2. The van der Waals surface area contributed by atoms with Crippen LogP contribution in [0.2, 0.25) is 0 Å². The van der Waals surface area contributed by atoms with Gasteiger partial charge in [-0.15, -0.1) is 0 Å². The van der Waals surface area contributed by atoms with Crippen LogP contribution in [-0.2, 0) is 6.42 Å². The fourth-order valence-corrected chi connectivity index (χ4v) is 3.14. The third-order valence-electron chi connectivity index (χ3n) is 4.51. The van der Waals surface area contributed by atoms with Crippen LogP contribution in [-0.4, -0.2) is 40.6 Å². The summed E-state index contributed by atoms with van der Waals surface area (Å²) in [6, 6.07) is 3.67. The van der Waals surface area contributed by atoms with Crippen molar-refractivity contribution in [1.82, 2.24) is 15.0 Å². The summed E-state index contributed by atoms with van der Waals surface area (Å²) < 4.78 is 5.19. The highest BCUT2D eigenvalue weighted by Crippen LogP contribution is 2.19. The standard InChI is InChI=1S/C18H24N4O2/c1-13-15(14(2)24-21-13)7-5-9-19-17-16(8-6-10-20-17)18(23)22-11-3-4-12-22/h6,8,10H,3-5,7,9,11-12H2,1-2H3,(H,19,20). The molecule has 0 saturated carbocycles. The van der Waals surface area contributed by atoms with Crippen LogP contribution in [0.4, 0.5) is 5.82 Å². The average Bonchev–Trinajstić information content (AvgIpc) is 3.23. The van der Waals surface area contributed by atoms with Crippen LogP contribution in [0.25, 0.3) is 0 Å². The molecule has 0 radical (unpaired) electrons. The number of hydrogen-bond donors (Lipinski definition) is 1. The van der Waals surface area contributed by atoms with E-state index in [2.05, 4.69) is 15.5 Å². The first kappa shape index (κ1) is 16.5. The Bertz CT molecular complexity index is 685. The Hall–Kier alpha value is -2.37. The van der Waals surface area contributed by atoms with Gasteiger partial charge in [-0.3, -0.25) is 4.79 Å². The summed E-state index contributed by atoms with van der Waals surface area (Å²) in [5.74, 6) is 1.64. The van der Waals surface area contributed by atoms with E-state index in [-0.39, 0.29) is 5.91 Å². The third kappa shape index (κ3) is 3.58. The zero-order valence-corrected chi connectivity index (χ0v) is 14.3. The summed E-state index contributed by atoms with van der Waals surface area (Å²) in [6.45, 7) is 6.35. The lowest BCUT2D eigenvalue weighted by Crippen LogP contribution is -2.28. The van der Waals surface area contributed by atoms with Gasteiger partial charge in [-0.1, -0.05) is 5.16 Å². The molecule has 1 saturated heterocycles. The van der Waals surface area contributed by atoms with Crippen LogP contribution in [0.3, 0.4) is 0 Å². The summed E-state index contributed by atoms with van der Waals surface area (Å²) >= 11 is 0. The molecular weight excluding hydrogens is 304 g/mol. The first-order chi connectivity index (χ1) is 11.7. The van der Waals surface area contributed by atoms with Crippen LogP contribution in [0.5, 0.6) is 0 Å². The smallest absolute Gasteiger partial charge is 0.257 e. The second kappa shape index (κ2) is 7.47. The van der Waals surface area contributed by atoms with Crippen LogP contribution in [0.1, 0.15) is 46.6 Å². The number of amides is 1. The lowest BCUT2D eigenvalue weighted by Gasteiger charge is -2.17. The van der Waals surface area contributed by atoms with Gasteiger partial charge in [-0.05, 0) is 51.7 Å². The molecule has 1 aliphatic heterocycles. The predicted molar refractivity (Wildman–Crippen MR) is 92.2 cm³/mol. The molecular formula is C18H24N4O2. The molecule has 3 rings (SSSR count). The predicted octanol–water partition coefficient (Wildman–Crippen LogP) is 2.97. The van der Waals surface area contributed by atoms with Gasteiger partial charge in [0.25, 0.3) is 5.91 Å². The van der Waals surface area contributed by atoms with Crippen molar-refractivity contribution in [2.24, 2.45) is 0 Å². The van der Waals surface area contributed by atoms with Crippen LogP contribution < -0.4 is 5.32 Å². The molecule has 3 heterocycles. The summed E-state index contributed by atoms with van der Waals surface area (Å²) in [5.41, 5.74) is 2.79. The molecule has 2 aromatic heterocycles. The molecule has 1 N–H and O–H groups in total. The number of nitrogens with one attached hydrogen (secondary N) is 1. The molecule has 0 atom stereocenters. The average molecular weight is 328 g/mol. The SMILES string of the molecule is Cc1noc(C)c1CCCNc1ncccc1C(=O)N1CCCC1. The van der Waals surface area contributed by atoms with Crippen molar-refractivity contribution >= 4 is 11.7 Å². The Morgan fingerprint density at radius 2 is 2.12 bits per heavy atom. The summed E-state index contributed by atoms with van der Waals surface area (Å²) in [4.78, 5) is 18.9. The number of anilines is 1. The summed E-state index contributed by atoms with van der Waals surface area (Å²) in [6.07, 6.45) is 5.73. The van der Waals surface area contributed by atoms with Crippen molar-refractivity contribution in [1.29, 1.82) is 0 Å². The van der Waals surface area contributed by atoms with Gasteiger partial charge in [0.15, 0.2) is 0 Å². The first-order valence-corrected chi connectivity index (χ1v) is 8.56. The number of carbonyl (C=O) groups excluding carboxylic acids is 1. The number of nitrogens with zero attached hydrogens (tertiary/aromatic N) is 3. The molecule has 0 bridgehead atoms. The zero-order chi connectivity index (χ0) is 16.9. The lowest BCUT2D eigenvalue weighted by molar-refractivity contribution is 0.0793. The lowest BCUT2D eigenvalue weighted by atomic mass is 10.1. The molecule has 2 aromatic rings. The Balaban J connectivity index is 1.58. The fourth-order valence-electron chi connectivity index (χ4n) is 3.14.